The zero-order valence-electron chi connectivity index (χ0n) is 14.9. The van der Waals surface area contributed by atoms with Crippen molar-refractivity contribution in [3.8, 4) is 0 Å². The smallest absolute Gasteiger partial charge is 0.340 e. The van der Waals surface area contributed by atoms with Crippen LogP contribution in [0.15, 0.2) is 91.0 Å². The number of rotatable bonds is 5. The van der Waals surface area contributed by atoms with Gasteiger partial charge in [-0.25, -0.2) is 0 Å². The molecule has 0 bridgehead atoms. The van der Waals surface area contributed by atoms with Crippen LogP contribution in [0.4, 0.5) is 26.3 Å². The van der Waals surface area contributed by atoms with E-state index in [1.54, 1.807) is 18.2 Å². The van der Waals surface area contributed by atoms with Crippen molar-refractivity contribution >= 4 is 0 Å². The molecule has 3 aromatic carbocycles. The molecule has 0 radical (unpaired) electrons. The molecule has 0 amide bonds. The number of halogens is 6. The van der Waals surface area contributed by atoms with Crippen molar-refractivity contribution in [1.29, 1.82) is 0 Å². The average Bonchev–Trinajstić information content (AvgIpc) is 2.69. The summed E-state index contributed by atoms with van der Waals surface area (Å²) in [5, 5.41) is 0. The molecule has 0 aliphatic carbocycles. The van der Waals surface area contributed by atoms with Crippen LogP contribution in [0.1, 0.15) is 16.7 Å². The van der Waals surface area contributed by atoms with Crippen molar-refractivity contribution in [2.24, 2.45) is 0 Å². The minimum atomic E-state index is -5.65. The molecule has 0 unspecified atom stereocenters. The fourth-order valence-electron chi connectivity index (χ4n) is 3.22. The summed E-state index contributed by atoms with van der Waals surface area (Å²) in [6.45, 7) is 0. The second-order valence-electron chi connectivity index (χ2n) is 6.36. The molecule has 0 saturated carbocycles. The van der Waals surface area contributed by atoms with Gasteiger partial charge in [0.15, 0.2) is 0 Å². The normalized spacial score (nSPS) is 12.9. The molecule has 0 N–H and O–H groups in total. The predicted molar refractivity (Wildman–Crippen MR) is 96.2 cm³/mol. The van der Waals surface area contributed by atoms with E-state index in [0.717, 1.165) is 0 Å². The number of ether oxygens (including phenoxy) is 1. The fraction of sp³-hybridized carbons (Fsp3) is 0.182. The van der Waals surface area contributed by atoms with Crippen LogP contribution < -0.4 is 0 Å². The van der Waals surface area contributed by atoms with E-state index in [9.17, 15) is 26.3 Å². The lowest BCUT2D eigenvalue weighted by Crippen LogP contribution is -2.50. The Morgan fingerprint density at radius 2 is 0.759 bits per heavy atom. The maximum absolute atomic E-state index is 13.4. The molecule has 0 heterocycles. The zero-order valence-corrected chi connectivity index (χ0v) is 14.9. The summed E-state index contributed by atoms with van der Waals surface area (Å²) in [6.07, 6.45) is -15.3. The molecular weight excluding hydrogens is 394 g/mol. The summed E-state index contributed by atoms with van der Waals surface area (Å²) in [6, 6.07) is 22.8. The molecule has 3 aromatic rings. The molecule has 7 heteroatoms. The third kappa shape index (κ3) is 4.29. The van der Waals surface area contributed by atoms with Crippen LogP contribution in [0.25, 0.3) is 0 Å². The average molecular weight is 410 g/mol. The number of hydrogen-bond donors (Lipinski definition) is 0. The van der Waals surface area contributed by atoms with Gasteiger partial charge in [-0.05, 0) is 16.7 Å². The number of alkyl halides is 6. The molecule has 29 heavy (non-hydrogen) atoms. The minimum absolute atomic E-state index is 0.149. The topological polar surface area (TPSA) is 9.23 Å². The van der Waals surface area contributed by atoms with Crippen LogP contribution in [0.2, 0.25) is 0 Å². The molecule has 0 spiro atoms. The van der Waals surface area contributed by atoms with Crippen molar-refractivity contribution < 1.29 is 31.1 Å². The quantitative estimate of drug-likeness (QED) is 0.345. The molecule has 0 aliphatic rings. The maximum Gasteiger partial charge on any atom is 0.423 e. The SMILES string of the molecule is FC(F)(F)C(OC(c1ccccc1)(c1ccccc1)c1ccccc1)C(F)(F)F. The molecule has 0 atom stereocenters. The van der Waals surface area contributed by atoms with Crippen molar-refractivity contribution in [3.63, 3.8) is 0 Å². The fourth-order valence-corrected chi connectivity index (χ4v) is 3.22. The van der Waals surface area contributed by atoms with Gasteiger partial charge < -0.3 is 4.74 Å². The number of benzene rings is 3. The van der Waals surface area contributed by atoms with Crippen LogP contribution in [-0.4, -0.2) is 18.5 Å². The third-order valence-corrected chi connectivity index (χ3v) is 4.43. The predicted octanol–water partition coefficient (Wildman–Crippen LogP) is 6.49. The highest BCUT2D eigenvalue weighted by Crippen LogP contribution is 2.46. The molecule has 0 saturated heterocycles. The maximum atomic E-state index is 13.4. The van der Waals surface area contributed by atoms with E-state index in [1.165, 1.54) is 72.8 Å². The van der Waals surface area contributed by atoms with Crippen LogP contribution in [-0.2, 0) is 10.3 Å². The Morgan fingerprint density at radius 1 is 0.483 bits per heavy atom. The van der Waals surface area contributed by atoms with Crippen molar-refractivity contribution in [3.05, 3.63) is 108 Å². The third-order valence-electron chi connectivity index (χ3n) is 4.43. The summed E-state index contributed by atoms with van der Waals surface area (Å²) in [7, 11) is 0. The highest BCUT2D eigenvalue weighted by Gasteiger charge is 2.61. The summed E-state index contributed by atoms with van der Waals surface area (Å²) in [5.74, 6) is 0. The van der Waals surface area contributed by atoms with Crippen LogP contribution >= 0.6 is 0 Å². The molecule has 0 aliphatic heterocycles. The second-order valence-corrected chi connectivity index (χ2v) is 6.36. The summed E-state index contributed by atoms with van der Waals surface area (Å²) in [5.41, 5.74) is -1.68. The Hall–Kier alpha value is -2.80. The lowest BCUT2D eigenvalue weighted by atomic mass is 9.80. The first kappa shape index (κ1) is 20.9. The van der Waals surface area contributed by atoms with E-state index in [0.29, 0.717) is 0 Å². The van der Waals surface area contributed by atoms with Crippen LogP contribution in [0, 0.1) is 0 Å². The number of hydrogen-bond acceptors (Lipinski definition) is 1. The monoisotopic (exact) mass is 410 g/mol. The minimum Gasteiger partial charge on any atom is -0.340 e. The summed E-state index contributed by atoms with van der Waals surface area (Å²) >= 11 is 0. The van der Waals surface area contributed by atoms with Gasteiger partial charge in [0.25, 0.3) is 6.10 Å². The largest absolute Gasteiger partial charge is 0.423 e. The van der Waals surface area contributed by atoms with E-state index >= 15 is 0 Å². The molecule has 152 valence electrons. The standard InChI is InChI=1S/C22H16F6O/c23-21(24,25)19(22(26,27)28)29-20(16-10-4-1-5-11-16,17-12-6-2-7-13-17)18-14-8-3-9-15-18/h1-15,19H. The van der Waals surface area contributed by atoms with E-state index in [-0.39, 0.29) is 16.7 Å². The first-order valence-electron chi connectivity index (χ1n) is 8.63. The highest BCUT2D eigenvalue weighted by molar-refractivity contribution is 5.47. The first-order valence-corrected chi connectivity index (χ1v) is 8.63. The van der Waals surface area contributed by atoms with Gasteiger partial charge in [-0.2, -0.15) is 26.3 Å². The van der Waals surface area contributed by atoms with E-state index < -0.39 is 24.1 Å². The lowest BCUT2D eigenvalue weighted by Gasteiger charge is -2.39. The highest BCUT2D eigenvalue weighted by atomic mass is 19.4. The molecule has 1 nitrogen and oxygen atoms in total. The van der Waals surface area contributed by atoms with Gasteiger partial charge in [-0.3, -0.25) is 0 Å². The molecule has 3 rings (SSSR count). The van der Waals surface area contributed by atoms with Gasteiger partial charge >= 0.3 is 12.4 Å². The van der Waals surface area contributed by atoms with Gasteiger partial charge in [0.1, 0.15) is 5.60 Å². The van der Waals surface area contributed by atoms with Crippen LogP contribution in [0.3, 0.4) is 0 Å². The van der Waals surface area contributed by atoms with Gasteiger partial charge in [-0.15, -0.1) is 0 Å². The Balaban J connectivity index is 2.34. The van der Waals surface area contributed by atoms with Gasteiger partial charge in [0.05, 0.1) is 0 Å². The van der Waals surface area contributed by atoms with E-state index in [4.69, 9.17) is 4.74 Å². The summed E-state index contributed by atoms with van der Waals surface area (Å²) in [4.78, 5) is 0. The van der Waals surface area contributed by atoms with E-state index in [1.807, 2.05) is 0 Å². The van der Waals surface area contributed by atoms with Crippen LogP contribution in [0.5, 0.6) is 0 Å². The van der Waals surface area contributed by atoms with Gasteiger partial charge in [0.2, 0.25) is 0 Å². The van der Waals surface area contributed by atoms with Gasteiger partial charge in [0, 0.05) is 0 Å². The van der Waals surface area contributed by atoms with Crippen molar-refractivity contribution in [2.45, 2.75) is 24.1 Å². The first-order chi connectivity index (χ1) is 13.7. The molecule has 0 fully saturated rings. The zero-order chi connectivity index (χ0) is 21.1. The Bertz CT molecular complexity index is 794. The van der Waals surface area contributed by atoms with Crippen molar-refractivity contribution in [1.82, 2.24) is 0 Å². The Labute approximate surface area is 163 Å². The second kappa shape index (κ2) is 7.91. The summed E-state index contributed by atoms with van der Waals surface area (Å²) < 4.78 is 85.8. The molecular formula is C22H16F6O. The molecule has 0 aromatic heterocycles. The lowest BCUT2D eigenvalue weighted by molar-refractivity contribution is -0.338. The Morgan fingerprint density at radius 3 is 1.00 bits per heavy atom. The van der Waals surface area contributed by atoms with Crippen molar-refractivity contribution in [2.75, 3.05) is 0 Å². The van der Waals surface area contributed by atoms with Gasteiger partial charge in [-0.1, -0.05) is 91.0 Å². The Kier molecular flexibility index (Phi) is 5.71. The van der Waals surface area contributed by atoms with E-state index in [2.05, 4.69) is 0 Å².